The Labute approximate surface area is 110 Å². The maximum atomic E-state index is 6.12. The zero-order valence-corrected chi connectivity index (χ0v) is 11.4. The van der Waals surface area contributed by atoms with Gasteiger partial charge in [-0.05, 0) is 43.5 Å². The van der Waals surface area contributed by atoms with Crippen LogP contribution in [0.5, 0.6) is 5.75 Å². The number of hydrogen-bond acceptors (Lipinski definition) is 3. The van der Waals surface area contributed by atoms with Crippen LogP contribution in [0.25, 0.3) is 0 Å². The second-order valence-corrected chi connectivity index (χ2v) is 5.40. The van der Waals surface area contributed by atoms with Gasteiger partial charge < -0.3 is 15.4 Å². The lowest BCUT2D eigenvalue weighted by Crippen LogP contribution is -2.34. The highest BCUT2D eigenvalue weighted by molar-refractivity contribution is 5.28. The van der Waals surface area contributed by atoms with Crippen molar-refractivity contribution in [3.63, 3.8) is 0 Å². The van der Waals surface area contributed by atoms with Gasteiger partial charge in [-0.25, -0.2) is 0 Å². The minimum atomic E-state index is 0.401. The first-order valence-corrected chi connectivity index (χ1v) is 6.76. The van der Waals surface area contributed by atoms with E-state index in [0.29, 0.717) is 12.0 Å². The van der Waals surface area contributed by atoms with Crippen LogP contribution in [0.4, 0.5) is 0 Å². The summed E-state index contributed by atoms with van der Waals surface area (Å²) >= 11 is 0. The molecule has 0 aliphatic heterocycles. The molecule has 1 saturated carbocycles. The van der Waals surface area contributed by atoms with E-state index in [0.717, 1.165) is 18.8 Å². The minimum absolute atomic E-state index is 0.401. The largest absolute Gasteiger partial charge is 0.497 e. The van der Waals surface area contributed by atoms with Crippen LogP contribution < -0.4 is 10.5 Å². The molecule has 3 nitrogen and oxygen atoms in total. The van der Waals surface area contributed by atoms with Crippen molar-refractivity contribution in [1.82, 2.24) is 4.90 Å². The Kier molecular flexibility index (Phi) is 4.61. The van der Waals surface area contributed by atoms with E-state index in [1.807, 2.05) is 12.1 Å². The van der Waals surface area contributed by atoms with Crippen LogP contribution in [-0.4, -0.2) is 31.6 Å². The molecular weight excluding hydrogens is 224 g/mol. The summed E-state index contributed by atoms with van der Waals surface area (Å²) in [5, 5.41) is 0. The highest BCUT2D eigenvalue weighted by Gasteiger charge is 2.24. The molecule has 1 fully saturated rings. The molecule has 0 spiro atoms. The summed E-state index contributed by atoms with van der Waals surface area (Å²) in [4.78, 5) is 2.37. The number of rotatable bonds is 5. The second kappa shape index (κ2) is 6.21. The highest BCUT2D eigenvalue weighted by atomic mass is 16.5. The van der Waals surface area contributed by atoms with Gasteiger partial charge in [-0.15, -0.1) is 0 Å². The molecule has 0 amide bonds. The van der Waals surface area contributed by atoms with Crippen LogP contribution in [0, 0.1) is 5.92 Å². The predicted octanol–water partition coefficient (Wildman–Crippen LogP) is 2.25. The van der Waals surface area contributed by atoms with Gasteiger partial charge in [-0.1, -0.05) is 18.6 Å². The summed E-state index contributed by atoms with van der Waals surface area (Å²) in [5.74, 6) is 1.60. The van der Waals surface area contributed by atoms with Crippen LogP contribution in [0.2, 0.25) is 0 Å². The molecule has 1 aromatic rings. The molecule has 1 aliphatic carbocycles. The fourth-order valence-electron chi connectivity index (χ4n) is 2.84. The number of nitrogens with zero attached hydrogens (tertiary/aromatic N) is 1. The van der Waals surface area contributed by atoms with E-state index < -0.39 is 0 Å². The van der Waals surface area contributed by atoms with Gasteiger partial charge in [-0.3, -0.25) is 0 Å². The quantitative estimate of drug-likeness (QED) is 0.868. The number of hydrogen-bond donors (Lipinski definition) is 1. The van der Waals surface area contributed by atoms with Crippen molar-refractivity contribution in [2.24, 2.45) is 11.7 Å². The van der Waals surface area contributed by atoms with E-state index in [1.54, 1.807) is 7.11 Å². The van der Waals surface area contributed by atoms with Crippen molar-refractivity contribution in [3.8, 4) is 5.75 Å². The zero-order chi connectivity index (χ0) is 13.0. The van der Waals surface area contributed by atoms with E-state index >= 15 is 0 Å². The van der Waals surface area contributed by atoms with E-state index in [4.69, 9.17) is 10.5 Å². The van der Waals surface area contributed by atoms with Crippen LogP contribution in [0.3, 0.4) is 0 Å². The molecule has 0 aromatic heterocycles. The highest BCUT2D eigenvalue weighted by Crippen LogP contribution is 2.25. The van der Waals surface area contributed by atoms with E-state index in [-0.39, 0.29) is 0 Å². The second-order valence-electron chi connectivity index (χ2n) is 5.40. The van der Waals surface area contributed by atoms with Gasteiger partial charge in [0.25, 0.3) is 0 Å². The fourth-order valence-corrected chi connectivity index (χ4v) is 2.84. The Morgan fingerprint density at radius 1 is 1.39 bits per heavy atom. The molecule has 2 atom stereocenters. The fraction of sp³-hybridized carbons (Fsp3) is 0.600. The molecule has 18 heavy (non-hydrogen) atoms. The maximum absolute atomic E-state index is 6.12. The molecule has 0 bridgehead atoms. The Bertz CT molecular complexity index is 381. The molecule has 1 aliphatic rings. The molecular formula is C15H24N2O. The van der Waals surface area contributed by atoms with Crippen LogP contribution in [0.1, 0.15) is 24.8 Å². The third-order valence-corrected chi connectivity index (χ3v) is 3.85. The Balaban J connectivity index is 1.88. The first kappa shape index (κ1) is 13.4. The van der Waals surface area contributed by atoms with Gasteiger partial charge in [0, 0.05) is 19.1 Å². The monoisotopic (exact) mass is 248 g/mol. The number of ether oxygens (including phenoxy) is 1. The zero-order valence-electron chi connectivity index (χ0n) is 11.4. The average molecular weight is 248 g/mol. The van der Waals surface area contributed by atoms with Crippen molar-refractivity contribution in [2.75, 3.05) is 20.7 Å². The van der Waals surface area contributed by atoms with Gasteiger partial charge in [-0.2, -0.15) is 0 Å². The summed E-state index contributed by atoms with van der Waals surface area (Å²) in [6.45, 7) is 2.05. The summed E-state index contributed by atoms with van der Waals surface area (Å²) in [5.41, 5.74) is 7.41. The van der Waals surface area contributed by atoms with Crippen molar-refractivity contribution in [3.05, 3.63) is 29.8 Å². The molecule has 2 rings (SSSR count). The minimum Gasteiger partial charge on any atom is -0.497 e. The Hall–Kier alpha value is -1.06. The molecule has 100 valence electrons. The number of methoxy groups -OCH3 is 1. The topological polar surface area (TPSA) is 38.5 Å². The summed E-state index contributed by atoms with van der Waals surface area (Å²) in [6.07, 6.45) is 3.76. The average Bonchev–Trinajstić information content (AvgIpc) is 2.75. The van der Waals surface area contributed by atoms with Crippen LogP contribution in [0.15, 0.2) is 24.3 Å². The van der Waals surface area contributed by atoms with Crippen molar-refractivity contribution < 1.29 is 4.74 Å². The normalized spacial score (nSPS) is 23.6. The lowest BCUT2D eigenvalue weighted by atomic mass is 10.0. The molecule has 2 N–H and O–H groups in total. The smallest absolute Gasteiger partial charge is 0.119 e. The van der Waals surface area contributed by atoms with Gasteiger partial charge >= 0.3 is 0 Å². The van der Waals surface area contributed by atoms with Gasteiger partial charge in [0.05, 0.1) is 7.11 Å². The Morgan fingerprint density at radius 2 is 2.22 bits per heavy atom. The van der Waals surface area contributed by atoms with E-state index in [1.165, 1.54) is 24.8 Å². The van der Waals surface area contributed by atoms with E-state index in [2.05, 4.69) is 24.1 Å². The molecule has 1 aromatic carbocycles. The number of nitrogens with two attached hydrogens (primary N) is 1. The van der Waals surface area contributed by atoms with Crippen molar-refractivity contribution in [1.29, 1.82) is 0 Å². The van der Waals surface area contributed by atoms with Gasteiger partial charge in [0.1, 0.15) is 5.75 Å². The summed E-state index contributed by atoms with van der Waals surface area (Å²) in [6, 6.07) is 8.68. The maximum Gasteiger partial charge on any atom is 0.119 e. The van der Waals surface area contributed by atoms with E-state index in [9.17, 15) is 0 Å². The van der Waals surface area contributed by atoms with Gasteiger partial charge in [0.15, 0.2) is 0 Å². The number of benzene rings is 1. The molecule has 3 heteroatoms. The SMILES string of the molecule is COc1cccc(CN(C)CC2CCCC2N)c1. The predicted molar refractivity (Wildman–Crippen MR) is 74.6 cm³/mol. The molecule has 0 saturated heterocycles. The molecule has 2 unspecified atom stereocenters. The lowest BCUT2D eigenvalue weighted by molar-refractivity contribution is 0.259. The standard InChI is InChI=1S/C15H24N2O/c1-17(11-13-6-4-8-15(13)16)10-12-5-3-7-14(9-12)18-2/h3,5,7,9,13,15H,4,6,8,10-11,16H2,1-2H3. The third-order valence-electron chi connectivity index (χ3n) is 3.85. The summed E-state index contributed by atoms with van der Waals surface area (Å²) in [7, 11) is 3.88. The first-order valence-electron chi connectivity index (χ1n) is 6.76. The first-order chi connectivity index (χ1) is 8.69. The van der Waals surface area contributed by atoms with Crippen molar-refractivity contribution >= 4 is 0 Å². The van der Waals surface area contributed by atoms with Gasteiger partial charge in [0.2, 0.25) is 0 Å². The van der Waals surface area contributed by atoms with Crippen LogP contribution in [-0.2, 0) is 6.54 Å². The summed E-state index contributed by atoms with van der Waals surface area (Å²) < 4.78 is 5.25. The molecule has 0 radical (unpaired) electrons. The van der Waals surface area contributed by atoms with Crippen molar-refractivity contribution in [2.45, 2.75) is 31.8 Å². The molecule has 0 heterocycles. The third kappa shape index (κ3) is 3.47. The Morgan fingerprint density at radius 3 is 2.89 bits per heavy atom. The van der Waals surface area contributed by atoms with Crippen LogP contribution >= 0.6 is 0 Å². The lowest BCUT2D eigenvalue weighted by Gasteiger charge is -2.23.